The quantitative estimate of drug-likeness (QED) is 0.511. The highest BCUT2D eigenvalue weighted by Crippen LogP contribution is 2.33. The van der Waals surface area contributed by atoms with Gasteiger partial charge in [0.05, 0.1) is 24.7 Å². The van der Waals surface area contributed by atoms with Gasteiger partial charge >= 0.3 is 0 Å². The van der Waals surface area contributed by atoms with E-state index in [4.69, 9.17) is 9.47 Å². The number of imidazole rings is 1. The third-order valence-corrected chi connectivity index (χ3v) is 6.03. The largest absolute Gasteiger partial charge is 0.497 e. The molecule has 4 rings (SSSR count). The number of aromatic nitrogens is 2. The molecule has 1 saturated heterocycles. The van der Waals surface area contributed by atoms with Gasteiger partial charge in [-0.25, -0.2) is 9.37 Å². The fourth-order valence-electron chi connectivity index (χ4n) is 3.38. The predicted molar refractivity (Wildman–Crippen MR) is 119 cm³/mol. The van der Waals surface area contributed by atoms with E-state index in [0.29, 0.717) is 17.4 Å². The second kappa shape index (κ2) is 9.98. The van der Waals surface area contributed by atoms with Crippen LogP contribution in [0.5, 0.6) is 5.75 Å². The van der Waals surface area contributed by atoms with Gasteiger partial charge in [-0.3, -0.25) is 4.79 Å². The Morgan fingerprint density at radius 3 is 2.65 bits per heavy atom. The third-order valence-electron chi connectivity index (χ3n) is 5.06. The van der Waals surface area contributed by atoms with Gasteiger partial charge in [0.2, 0.25) is 5.91 Å². The maximum Gasteiger partial charge on any atom is 0.230 e. The van der Waals surface area contributed by atoms with Crippen LogP contribution in [0.25, 0.3) is 22.6 Å². The Morgan fingerprint density at radius 1 is 1.23 bits per heavy atom. The molecule has 0 unspecified atom stereocenters. The number of H-pyrrole nitrogens is 1. The summed E-state index contributed by atoms with van der Waals surface area (Å²) in [6.45, 7) is 1.30. The Bertz CT molecular complexity index is 1020. The highest BCUT2D eigenvalue weighted by Gasteiger charge is 2.18. The minimum absolute atomic E-state index is 0.0625. The summed E-state index contributed by atoms with van der Waals surface area (Å²) in [7, 11) is 1.62. The number of aromatic amines is 1. The summed E-state index contributed by atoms with van der Waals surface area (Å²) in [6, 6.07) is 13.8. The Hall–Kier alpha value is -2.84. The maximum atomic E-state index is 13.3. The van der Waals surface area contributed by atoms with E-state index in [1.54, 1.807) is 19.2 Å². The van der Waals surface area contributed by atoms with Gasteiger partial charge in [0.25, 0.3) is 0 Å². The summed E-state index contributed by atoms with van der Waals surface area (Å²) in [5.74, 6) is 1.25. The number of hydrogen-bond donors (Lipinski definition) is 2. The van der Waals surface area contributed by atoms with E-state index < -0.39 is 0 Å². The molecule has 0 spiro atoms. The number of rotatable bonds is 8. The van der Waals surface area contributed by atoms with Crippen molar-refractivity contribution in [2.75, 3.05) is 26.0 Å². The standard InChI is InChI=1S/C23H24FN3O3S/c1-29-18-10-6-15(7-11-18)21-23(27-22(26-21)16-4-8-17(24)9-5-16)31-14-20(28)25-13-19-3-2-12-30-19/h4-11,19H,2-3,12-14H2,1H3,(H,25,28)(H,26,27)/t19-/m0/s1. The first-order chi connectivity index (χ1) is 15.1. The molecule has 1 aliphatic heterocycles. The average molecular weight is 442 g/mol. The molecule has 1 atom stereocenters. The predicted octanol–water partition coefficient (Wildman–Crippen LogP) is 4.28. The SMILES string of the molecule is COc1ccc(-c2[nH]c(-c3ccc(F)cc3)nc2SCC(=O)NC[C@@H]2CCCO2)cc1. The van der Waals surface area contributed by atoms with E-state index in [9.17, 15) is 9.18 Å². The number of ether oxygens (including phenoxy) is 2. The highest BCUT2D eigenvalue weighted by molar-refractivity contribution is 8.00. The lowest BCUT2D eigenvalue weighted by Gasteiger charge is -2.10. The number of amides is 1. The minimum atomic E-state index is -0.303. The lowest BCUT2D eigenvalue weighted by molar-refractivity contribution is -0.119. The molecule has 0 saturated carbocycles. The van der Waals surface area contributed by atoms with E-state index in [-0.39, 0.29) is 23.6 Å². The van der Waals surface area contributed by atoms with Crippen molar-refractivity contribution >= 4 is 17.7 Å². The lowest BCUT2D eigenvalue weighted by atomic mass is 10.1. The summed E-state index contributed by atoms with van der Waals surface area (Å²) >= 11 is 1.36. The second-order valence-electron chi connectivity index (χ2n) is 7.23. The van der Waals surface area contributed by atoms with Crippen LogP contribution in [-0.2, 0) is 9.53 Å². The summed E-state index contributed by atoms with van der Waals surface area (Å²) in [5.41, 5.74) is 2.49. The molecule has 8 heteroatoms. The summed E-state index contributed by atoms with van der Waals surface area (Å²) in [6.07, 6.45) is 2.13. The van der Waals surface area contributed by atoms with Crippen LogP contribution in [-0.4, -0.2) is 48.0 Å². The van der Waals surface area contributed by atoms with Gasteiger partial charge in [0.15, 0.2) is 0 Å². The number of halogens is 1. The van der Waals surface area contributed by atoms with Crippen LogP contribution >= 0.6 is 11.8 Å². The van der Waals surface area contributed by atoms with Crippen molar-refractivity contribution in [2.24, 2.45) is 0 Å². The molecule has 1 aromatic heterocycles. The van der Waals surface area contributed by atoms with Crippen molar-refractivity contribution in [1.82, 2.24) is 15.3 Å². The third kappa shape index (κ3) is 5.45. The van der Waals surface area contributed by atoms with Crippen molar-refractivity contribution in [3.8, 4) is 28.4 Å². The molecule has 0 radical (unpaired) electrons. The van der Waals surface area contributed by atoms with Crippen LogP contribution in [0.2, 0.25) is 0 Å². The molecule has 0 bridgehead atoms. The minimum Gasteiger partial charge on any atom is -0.497 e. The summed E-state index contributed by atoms with van der Waals surface area (Å²) < 4.78 is 24.1. The molecule has 31 heavy (non-hydrogen) atoms. The van der Waals surface area contributed by atoms with Crippen molar-refractivity contribution in [2.45, 2.75) is 24.0 Å². The Kier molecular flexibility index (Phi) is 6.89. The average Bonchev–Trinajstić information content (AvgIpc) is 3.47. The van der Waals surface area contributed by atoms with Gasteiger partial charge < -0.3 is 19.8 Å². The lowest BCUT2D eigenvalue weighted by Crippen LogP contribution is -2.32. The fourth-order valence-corrected chi connectivity index (χ4v) is 4.22. The zero-order chi connectivity index (χ0) is 21.6. The summed E-state index contributed by atoms with van der Waals surface area (Å²) in [4.78, 5) is 20.3. The van der Waals surface area contributed by atoms with Crippen LogP contribution in [0.4, 0.5) is 4.39 Å². The first-order valence-corrected chi connectivity index (χ1v) is 11.1. The van der Waals surface area contributed by atoms with Crippen LogP contribution in [0, 0.1) is 5.82 Å². The molecular weight excluding hydrogens is 417 g/mol. The number of carbonyl (C=O) groups excluding carboxylic acids is 1. The second-order valence-corrected chi connectivity index (χ2v) is 8.19. The number of hydrogen-bond acceptors (Lipinski definition) is 5. The maximum absolute atomic E-state index is 13.3. The van der Waals surface area contributed by atoms with Crippen molar-refractivity contribution < 1.29 is 18.7 Å². The highest BCUT2D eigenvalue weighted by atomic mass is 32.2. The zero-order valence-electron chi connectivity index (χ0n) is 17.2. The van der Waals surface area contributed by atoms with Crippen LogP contribution in [0.15, 0.2) is 53.6 Å². The molecule has 1 aliphatic rings. The Labute approximate surface area is 184 Å². The Morgan fingerprint density at radius 2 is 1.97 bits per heavy atom. The van der Waals surface area contributed by atoms with E-state index in [1.807, 2.05) is 24.3 Å². The Balaban J connectivity index is 1.52. The van der Waals surface area contributed by atoms with Crippen molar-refractivity contribution in [3.63, 3.8) is 0 Å². The van der Waals surface area contributed by atoms with Gasteiger partial charge in [-0.05, 0) is 61.4 Å². The molecule has 2 heterocycles. The van der Waals surface area contributed by atoms with Gasteiger partial charge in [-0.15, -0.1) is 0 Å². The van der Waals surface area contributed by atoms with E-state index >= 15 is 0 Å². The van der Waals surface area contributed by atoms with Crippen molar-refractivity contribution in [1.29, 1.82) is 0 Å². The number of benzene rings is 2. The molecule has 2 N–H and O–H groups in total. The van der Waals surface area contributed by atoms with Gasteiger partial charge in [0, 0.05) is 24.3 Å². The van der Waals surface area contributed by atoms with Gasteiger partial charge in [-0.1, -0.05) is 11.8 Å². The summed E-state index contributed by atoms with van der Waals surface area (Å²) in [5, 5.41) is 3.64. The first-order valence-electron chi connectivity index (χ1n) is 10.1. The number of methoxy groups -OCH3 is 1. The number of thioether (sulfide) groups is 1. The molecule has 0 aliphatic carbocycles. The van der Waals surface area contributed by atoms with E-state index in [2.05, 4.69) is 15.3 Å². The van der Waals surface area contributed by atoms with E-state index in [1.165, 1.54) is 23.9 Å². The normalized spacial score (nSPS) is 15.7. The van der Waals surface area contributed by atoms with E-state index in [0.717, 1.165) is 42.0 Å². The van der Waals surface area contributed by atoms with Crippen LogP contribution in [0.3, 0.4) is 0 Å². The molecule has 1 fully saturated rings. The zero-order valence-corrected chi connectivity index (χ0v) is 18.0. The molecular formula is C23H24FN3O3S. The van der Waals surface area contributed by atoms with Gasteiger partial charge in [-0.2, -0.15) is 0 Å². The number of nitrogens with zero attached hydrogens (tertiary/aromatic N) is 1. The molecule has 2 aromatic carbocycles. The number of nitrogens with one attached hydrogen (secondary N) is 2. The fraction of sp³-hybridized carbons (Fsp3) is 0.304. The molecule has 1 amide bonds. The van der Waals surface area contributed by atoms with Gasteiger partial charge in [0.1, 0.15) is 22.4 Å². The van der Waals surface area contributed by atoms with Crippen LogP contribution in [0.1, 0.15) is 12.8 Å². The number of carbonyl (C=O) groups is 1. The molecule has 6 nitrogen and oxygen atoms in total. The van der Waals surface area contributed by atoms with Crippen molar-refractivity contribution in [3.05, 3.63) is 54.3 Å². The first kappa shape index (κ1) is 21.4. The monoisotopic (exact) mass is 441 g/mol. The topological polar surface area (TPSA) is 76.2 Å². The molecule has 3 aromatic rings. The molecule has 162 valence electrons. The van der Waals surface area contributed by atoms with Crippen LogP contribution < -0.4 is 10.1 Å². The smallest absolute Gasteiger partial charge is 0.230 e.